The summed E-state index contributed by atoms with van der Waals surface area (Å²) < 4.78 is 11.2. The first-order valence-electron chi connectivity index (χ1n) is 8.55. The lowest BCUT2D eigenvalue weighted by Gasteiger charge is -2.13. The van der Waals surface area contributed by atoms with Crippen LogP contribution in [0.5, 0.6) is 11.5 Å². The van der Waals surface area contributed by atoms with Crippen LogP contribution in [0.15, 0.2) is 42.5 Å². The normalized spacial score (nSPS) is 10.2. The Bertz CT molecular complexity index is 773. The molecule has 1 amide bonds. The molecule has 138 valence electrons. The van der Waals surface area contributed by atoms with Gasteiger partial charge in [-0.1, -0.05) is 19.1 Å². The molecule has 0 saturated carbocycles. The molecule has 2 N–H and O–H groups in total. The SMILES string of the molecule is CCCOc1ccc(C(=O)Nc2cccc(CC(=O)O)c2)cc1OCC. The Kier molecular flexibility index (Phi) is 7.02. The van der Waals surface area contributed by atoms with Crippen molar-refractivity contribution in [2.24, 2.45) is 0 Å². The molecule has 2 aromatic rings. The fourth-order valence-corrected chi connectivity index (χ4v) is 2.39. The van der Waals surface area contributed by atoms with E-state index in [4.69, 9.17) is 14.6 Å². The highest BCUT2D eigenvalue weighted by Gasteiger charge is 2.12. The van der Waals surface area contributed by atoms with Gasteiger partial charge in [-0.2, -0.15) is 0 Å². The Hall–Kier alpha value is -3.02. The van der Waals surface area contributed by atoms with Crippen LogP contribution in [0.1, 0.15) is 36.2 Å². The van der Waals surface area contributed by atoms with E-state index in [2.05, 4.69) is 5.32 Å². The predicted molar refractivity (Wildman–Crippen MR) is 99.1 cm³/mol. The van der Waals surface area contributed by atoms with Gasteiger partial charge in [0, 0.05) is 11.3 Å². The molecular weight excluding hydrogens is 334 g/mol. The van der Waals surface area contributed by atoms with Crippen LogP contribution in [0.3, 0.4) is 0 Å². The lowest BCUT2D eigenvalue weighted by Crippen LogP contribution is -2.13. The molecule has 0 heterocycles. The van der Waals surface area contributed by atoms with Gasteiger partial charge in [-0.15, -0.1) is 0 Å². The summed E-state index contributed by atoms with van der Waals surface area (Å²) >= 11 is 0. The Morgan fingerprint density at radius 1 is 1.04 bits per heavy atom. The summed E-state index contributed by atoms with van der Waals surface area (Å²) in [6.45, 7) is 4.91. The number of hydrogen-bond donors (Lipinski definition) is 2. The highest BCUT2D eigenvalue weighted by atomic mass is 16.5. The summed E-state index contributed by atoms with van der Waals surface area (Å²) in [6, 6.07) is 11.8. The highest BCUT2D eigenvalue weighted by Crippen LogP contribution is 2.29. The van der Waals surface area contributed by atoms with Gasteiger partial charge in [0.05, 0.1) is 19.6 Å². The first-order chi connectivity index (χ1) is 12.5. The number of benzene rings is 2. The van der Waals surface area contributed by atoms with Gasteiger partial charge in [0.25, 0.3) is 5.91 Å². The zero-order valence-electron chi connectivity index (χ0n) is 15.0. The minimum Gasteiger partial charge on any atom is -0.490 e. The fraction of sp³-hybridized carbons (Fsp3) is 0.300. The van der Waals surface area contributed by atoms with Crippen molar-refractivity contribution in [3.63, 3.8) is 0 Å². The fourth-order valence-electron chi connectivity index (χ4n) is 2.39. The maximum absolute atomic E-state index is 12.5. The molecule has 0 bridgehead atoms. The number of hydrogen-bond acceptors (Lipinski definition) is 4. The summed E-state index contributed by atoms with van der Waals surface area (Å²) in [4.78, 5) is 23.3. The summed E-state index contributed by atoms with van der Waals surface area (Å²) in [5, 5.41) is 11.6. The maximum atomic E-state index is 12.5. The number of carboxylic acids is 1. The molecule has 0 spiro atoms. The Morgan fingerprint density at radius 3 is 2.54 bits per heavy atom. The quantitative estimate of drug-likeness (QED) is 0.714. The Balaban J connectivity index is 2.16. The average Bonchev–Trinajstić information content (AvgIpc) is 2.60. The molecule has 0 saturated heterocycles. The van der Waals surface area contributed by atoms with Crippen LogP contribution in [0.2, 0.25) is 0 Å². The largest absolute Gasteiger partial charge is 0.490 e. The third kappa shape index (κ3) is 5.51. The molecule has 0 fully saturated rings. The predicted octanol–water partition coefficient (Wildman–Crippen LogP) is 3.75. The first kappa shape index (κ1) is 19.3. The number of aliphatic carboxylic acids is 1. The van der Waals surface area contributed by atoms with E-state index in [1.54, 1.807) is 42.5 Å². The molecule has 26 heavy (non-hydrogen) atoms. The molecular formula is C20H23NO5. The number of carbonyl (C=O) groups excluding carboxylic acids is 1. The van der Waals surface area contributed by atoms with E-state index in [1.165, 1.54) is 0 Å². The smallest absolute Gasteiger partial charge is 0.307 e. The standard InChI is InChI=1S/C20H23NO5/c1-3-10-26-17-9-8-15(13-18(17)25-4-2)20(24)21-16-7-5-6-14(11-16)12-19(22)23/h5-9,11,13H,3-4,10,12H2,1-2H3,(H,21,24)(H,22,23). The van der Waals surface area contributed by atoms with Crippen molar-refractivity contribution in [3.05, 3.63) is 53.6 Å². The number of anilines is 1. The highest BCUT2D eigenvalue weighted by molar-refractivity contribution is 6.04. The number of amides is 1. The van der Waals surface area contributed by atoms with Crippen molar-refractivity contribution in [1.82, 2.24) is 0 Å². The van der Waals surface area contributed by atoms with Crippen LogP contribution in [-0.2, 0) is 11.2 Å². The van der Waals surface area contributed by atoms with Crippen LogP contribution in [0.25, 0.3) is 0 Å². The Morgan fingerprint density at radius 2 is 1.85 bits per heavy atom. The third-order valence-electron chi connectivity index (χ3n) is 3.51. The maximum Gasteiger partial charge on any atom is 0.307 e. The molecule has 0 aliphatic carbocycles. The van der Waals surface area contributed by atoms with E-state index in [9.17, 15) is 9.59 Å². The van der Waals surface area contributed by atoms with E-state index in [0.29, 0.717) is 41.5 Å². The van der Waals surface area contributed by atoms with E-state index in [-0.39, 0.29) is 12.3 Å². The van der Waals surface area contributed by atoms with E-state index in [1.807, 2.05) is 13.8 Å². The van der Waals surface area contributed by atoms with Crippen molar-refractivity contribution in [2.75, 3.05) is 18.5 Å². The first-order valence-corrected chi connectivity index (χ1v) is 8.55. The molecule has 0 unspecified atom stereocenters. The van der Waals surface area contributed by atoms with Crippen LogP contribution < -0.4 is 14.8 Å². The number of nitrogens with one attached hydrogen (secondary N) is 1. The number of ether oxygens (including phenoxy) is 2. The van der Waals surface area contributed by atoms with Crippen LogP contribution in [-0.4, -0.2) is 30.2 Å². The van der Waals surface area contributed by atoms with Gasteiger partial charge in [-0.3, -0.25) is 9.59 Å². The van der Waals surface area contributed by atoms with Crippen LogP contribution >= 0.6 is 0 Å². The molecule has 0 aliphatic rings. The van der Waals surface area contributed by atoms with Gasteiger partial charge >= 0.3 is 5.97 Å². The van der Waals surface area contributed by atoms with E-state index < -0.39 is 5.97 Å². The minimum atomic E-state index is -0.919. The zero-order chi connectivity index (χ0) is 18.9. The van der Waals surface area contributed by atoms with Crippen molar-refractivity contribution >= 4 is 17.6 Å². The van der Waals surface area contributed by atoms with Crippen LogP contribution in [0.4, 0.5) is 5.69 Å². The topological polar surface area (TPSA) is 84.9 Å². The minimum absolute atomic E-state index is 0.0956. The molecule has 6 nitrogen and oxygen atoms in total. The van der Waals surface area contributed by atoms with Gasteiger partial charge in [-0.25, -0.2) is 0 Å². The molecule has 2 aromatic carbocycles. The summed E-state index contributed by atoms with van der Waals surface area (Å²) in [6.07, 6.45) is 0.780. The molecule has 0 radical (unpaired) electrons. The van der Waals surface area contributed by atoms with Gasteiger partial charge < -0.3 is 19.9 Å². The van der Waals surface area contributed by atoms with Crippen molar-refractivity contribution < 1.29 is 24.2 Å². The second-order valence-electron chi connectivity index (χ2n) is 5.67. The van der Waals surface area contributed by atoms with Crippen molar-refractivity contribution in [2.45, 2.75) is 26.7 Å². The van der Waals surface area contributed by atoms with Gasteiger partial charge in [0.15, 0.2) is 11.5 Å². The number of rotatable bonds is 9. The molecule has 0 atom stereocenters. The average molecular weight is 357 g/mol. The summed E-state index contributed by atoms with van der Waals surface area (Å²) in [5.41, 5.74) is 1.59. The van der Waals surface area contributed by atoms with Crippen molar-refractivity contribution in [3.8, 4) is 11.5 Å². The second kappa shape index (κ2) is 9.46. The van der Waals surface area contributed by atoms with Crippen molar-refractivity contribution in [1.29, 1.82) is 0 Å². The van der Waals surface area contributed by atoms with Gasteiger partial charge in [-0.05, 0) is 49.2 Å². The molecule has 2 rings (SSSR count). The van der Waals surface area contributed by atoms with Gasteiger partial charge in [0.2, 0.25) is 0 Å². The molecule has 0 aromatic heterocycles. The summed E-state index contributed by atoms with van der Waals surface area (Å²) in [7, 11) is 0. The third-order valence-corrected chi connectivity index (χ3v) is 3.51. The molecule has 0 aliphatic heterocycles. The van der Waals surface area contributed by atoms with Crippen LogP contribution in [0, 0.1) is 0 Å². The van der Waals surface area contributed by atoms with Gasteiger partial charge in [0.1, 0.15) is 0 Å². The van der Waals surface area contributed by atoms with E-state index >= 15 is 0 Å². The lowest BCUT2D eigenvalue weighted by molar-refractivity contribution is -0.136. The van der Waals surface area contributed by atoms with E-state index in [0.717, 1.165) is 6.42 Å². The monoisotopic (exact) mass is 357 g/mol. The number of carbonyl (C=O) groups is 2. The number of carboxylic acid groups (broad SMARTS) is 1. The summed E-state index contributed by atoms with van der Waals surface area (Å²) in [5.74, 6) is -0.0973. The second-order valence-corrected chi connectivity index (χ2v) is 5.67. The molecule has 6 heteroatoms. The Labute approximate surface area is 152 Å². The lowest BCUT2D eigenvalue weighted by atomic mass is 10.1. The zero-order valence-corrected chi connectivity index (χ0v) is 15.0.